The molecule has 8 heteroatoms. The summed E-state index contributed by atoms with van der Waals surface area (Å²) >= 11 is 7.06. The fraction of sp³-hybridized carbons (Fsp3) is 0.500. The van der Waals surface area contributed by atoms with Crippen LogP contribution in [-0.2, 0) is 0 Å². The van der Waals surface area contributed by atoms with Crippen molar-refractivity contribution in [1.29, 1.82) is 0 Å². The van der Waals surface area contributed by atoms with E-state index in [1.807, 2.05) is 0 Å². The smallest absolute Gasteiger partial charge is 0.348 e. The van der Waals surface area contributed by atoms with Gasteiger partial charge in [0.05, 0.1) is 4.92 Å². The Balaban J connectivity index is 2.42. The van der Waals surface area contributed by atoms with Gasteiger partial charge in [0, 0.05) is 6.04 Å². The largest absolute Gasteiger partial charge is 0.361 e. The Bertz CT molecular complexity index is 438. The summed E-state index contributed by atoms with van der Waals surface area (Å²) in [5, 5.41) is 14.1. The average molecular weight is 261 g/mol. The molecule has 1 aliphatic carbocycles. The van der Waals surface area contributed by atoms with Crippen molar-refractivity contribution in [3.8, 4) is 0 Å². The van der Waals surface area contributed by atoms with E-state index in [1.165, 1.54) is 11.8 Å². The Morgan fingerprint density at radius 1 is 1.56 bits per heavy atom. The fourth-order valence-corrected chi connectivity index (χ4v) is 1.84. The molecule has 0 saturated heterocycles. The molecule has 0 unspecified atom stereocenters. The number of nitrogens with zero attached hydrogens (tertiary/aromatic N) is 3. The Hall–Kier alpha value is -1.08. The maximum absolute atomic E-state index is 10.8. The Morgan fingerprint density at radius 3 is 2.75 bits per heavy atom. The number of halogens is 1. The molecule has 6 nitrogen and oxygen atoms in total. The van der Waals surface area contributed by atoms with E-state index in [-0.39, 0.29) is 22.7 Å². The fourth-order valence-electron chi connectivity index (χ4n) is 1.18. The van der Waals surface area contributed by atoms with E-state index in [2.05, 4.69) is 15.3 Å². The van der Waals surface area contributed by atoms with Crippen LogP contribution in [0.2, 0.25) is 5.15 Å². The van der Waals surface area contributed by atoms with Crippen molar-refractivity contribution < 1.29 is 4.92 Å². The second kappa shape index (κ2) is 4.42. The Morgan fingerprint density at radius 2 is 2.25 bits per heavy atom. The van der Waals surface area contributed by atoms with Crippen LogP contribution in [0.5, 0.6) is 0 Å². The SMILES string of the molecule is CSc1nc(Cl)c([N+](=O)[O-])c(NC2CC2)n1. The lowest BCUT2D eigenvalue weighted by Gasteiger charge is -2.06. The highest BCUT2D eigenvalue weighted by Crippen LogP contribution is 2.34. The molecule has 1 aliphatic rings. The van der Waals surface area contributed by atoms with Crippen molar-refractivity contribution in [2.45, 2.75) is 24.0 Å². The summed E-state index contributed by atoms with van der Waals surface area (Å²) in [6.07, 6.45) is 3.80. The summed E-state index contributed by atoms with van der Waals surface area (Å²) in [5.74, 6) is 0.219. The topological polar surface area (TPSA) is 81.0 Å². The first kappa shape index (κ1) is 11.4. The first-order valence-corrected chi connectivity index (χ1v) is 6.24. The maximum atomic E-state index is 10.8. The highest BCUT2D eigenvalue weighted by Gasteiger charge is 2.29. The van der Waals surface area contributed by atoms with Gasteiger partial charge in [0.1, 0.15) is 0 Å². The van der Waals surface area contributed by atoms with Gasteiger partial charge in [0.25, 0.3) is 0 Å². The third-order valence-electron chi connectivity index (χ3n) is 2.10. The first-order chi connectivity index (χ1) is 7.61. The van der Waals surface area contributed by atoms with E-state index in [0.29, 0.717) is 5.16 Å². The monoisotopic (exact) mass is 260 g/mol. The minimum absolute atomic E-state index is 0.118. The first-order valence-electron chi connectivity index (χ1n) is 4.64. The van der Waals surface area contributed by atoms with Crippen LogP contribution in [0.3, 0.4) is 0 Å². The zero-order valence-electron chi connectivity index (χ0n) is 8.44. The maximum Gasteiger partial charge on any atom is 0.348 e. The molecular formula is C8H9ClN4O2S. The van der Waals surface area contributed by atoms with Gasteiger partial charge in [-0.25, -0.2) is 4.98 Å². The van der Waals surface area contributed by atoms with Gasteiger partial charge in [-0.15, -0.1) is 0 Å². The van der Waals surface area contributed by atoms with Crippen LogP contribution in [0.1, 0.15) is 12.8 Å². The molecule has 86 valence electrons. The van der Waals surface area contributed by atoms with Crippen molar-refractivity contribution >= 4 is 34.9 Å². The lowest BCUT2D eigenvalue weighted by Crippen LogP contribution is -2.08. The number of hydrogen-bond donors (Lipinski definition) is 1. The molecule has 1 aromatic rings. The summed E-state index contributed by atoms with van der Waals surface area (Å²) in [6.45, 7) is 0. The Labute approximate surface area is 101 Å². The number of rotatable bonds is 4. The number of hydrogen-bond acceptors (Lipinski definition) is 6. The minimum atomic E-state index is -0.558. The number of nitrogens with one attached hydrogen (secondary N) is 1. The van der Waals surface area contributed by atoms with Gasteiger partial charge in [-0.2, -0.15) is 4.98 Å². The third-order valence-corrected chi connectivity index (χ3v) is 2.92. The molecule has 1 aromatic heterocycles. The van der Waals surface area contributed by atoms with Crippen molar-refractivity contribution in [2.24, 2.45) is 0 Å². The normalized spacial score (nSPS) is 14.9. The van der Waals surface area contributed by atoms with Crippen molar-refractivity contribution in [3.05, 3.63) is 15.3 Å². The van der Waals surface area contributed by atoms with Crippen LogP contribution >= 0.6 is 23.4 Å². The third kappa shape index (κ3) is 2.35. The molecule has 0 spiro atoms. The van der Waals surface area contributed by atoms with Crippen LogP contribution in [0.25, 0.3) is 0 Å². The number of nitro groups is 1. The number of aromatic nitrogens is 2. The molecule has 1 fully saturated rings. The highest BCUT2D eigenvalue weighted by atomic mass is 35.5. The molecule has 16 heavy (non-hydrogen) atoms. The molecule has 0 aliphatic heterocycles. The lowest BCUT2D eigenvalue weighted by atomic mass is 10.4. The molecule has 0 radical (unpaired) electrons. The molecule has 1 saturated carbocycles. The highest BCUT2D eigenvalue weighted by molar-refractivity contribution is 7.98. The molecule has 1 N–H and O–H groups in total. The predicted molar refractivity (Wildman–Crippen MR) is 62.1 cm³/mol. The van der Waals surface area contributed by atoms with Crippen LogP contribution in [0, 0.1) is 10.1 Å². The van der Waals surface area contributed by atoms with Gasteiger partial charge >= 0.3 is 5.69 Å². The zero-order chi connectivity index (χ0) is 11.7. The van der Waals surface area contributed by atoms with Gasteiger partial charge in [-0.1, -0.05) is 23.4 Å². The second-order valence-corrected chi connectivity index (χ2v) is 4.51. The summed E-state index contributed by atoms with van der Waals surface area (Å²) < 4.78 is 0. The Kier molecular flexibility index (Phi) is 3.15. The van der Waals surface area contributed by atoms with Crippen molar-refractivity contribution in [2.75, 3.05) is 11.6 Å². The molecule has 0 atom stereocenters. The van der Waals surface area contributed by atoms with Crippen molar-refractivity contribution in [1.82, 2.24) is 9.97 Å². The summed E-state index contributed by atoms with van der Waals surface area (Å²) in [4.78, 5) is 18.2. The summed E-state index contributed by atoms with van der Waals surface area (Å²) in [6, 6.07) is 0.277. The number of thioether (sulfide) groups is 1. The van der Waals surface area contributed by atoms with Crippen molar-refractivity contribution in [3.63, 3.8) is 0 Å². The van der Waals surface area contributed by atoms with Crippen LogP contribution in [-0.4, -0.2) is 27.2 Å². The molecular weight excluding hydrogens is 252 g/mol. The van der Waals surface area contributed by atoms with E-state index in [0.717, 1.165) is 12.8 Å². The van der Waals surface area contributed by atoms with E-state index >= 15 is 0 Å². The number of anilines is 1. The zero-order valence-corrected chi connectivity index (χ0v) is 10.0. The van der Waals surface area contributed by atoms with Crippen LogP contribution in [0.4, 0.5) is 11.5 Å². The minimum Gasteiger partial charge on any atom is -0.361 e. The quantitative estimate of drug-likeness (QED) is 0.294. The van der Waals surface area contributed by atoms with E-state index in [4.69, 9.17) is 11.6 Å². The molecule has 1 heterocycles. The second-order valence-electron chi connectivity index (χ2n) is 3.37. The van der Waals surface area contributed by atoms with E-state index in [9.17, 15) is 10.1 Å². The standard InChI is InChI=1S/C8H9ClN4O2S/c1-16-8-11-6(9)5(13(14)15)7(12-8)10-4-2-3-4/h4H,2-3H2,1H3,(H,10,11,12). The lowest BCUT2D eigenvalue weighted by molar-refractivity contribution is -0.384. The summed E-state index contributed by atoms with van der Waals surface area (Å²) in [7, 11) is 0. The molecule has 0 aromatic carbocycles. The van der Waals surface area contributed by atoms with Crippen LogP contribution < -0.4 is 5.32 Å². The van der Waals surface area contributed by atoms with Gasteiger partial charge in [0.15, 0.2) is 5.16 Å². The molecule has 2 rings (SSSR count). The average Bonchev–Trinajstić information content (AvgIpc) is 3.00. The molecule has 0 bridgehead atoms. The van der Waals surface area contributed by atoms with E-state index < -0.39 is 4.92 Å². The molecule has 0 amide bonds. The van der Waals surface area contributed by atoms with Gasteiger partial charge < -0.3 is 5.32 Å². The van der Waals surface area contributed by atoms with Gasteiger partial charge in [-0.3, -0.25) is 10.1 Å². The van der Waals surface area contributed by atoms with Gasteiger partial charge in [-0.05, 0) is 19.1 Å². The predicted octanol–water partition coefficient (Wildman–Crippen LogP) is 2.33. The van der Waals surface area contributed by atoms with Crippen LogP contribution in [0.15, 0.2) is 5.16 Å². The summed E-state index contributed by atoms with van der Waals surface area (Å²) in [5.41, 5.74) is -0.244. The van der Waals surface area contributed by atoms with E-state index in [1.54, 1.807) is 6.26 Å². The van der Waals surface area contributed by atoms with Gasteiger partial charge in [0.2, 0.25) is 11.0 Å².